The zero-order valence-corrected chi connectivity index (χ0v) is 12.7. The van der Waals surface area contributed by atoms with Crippen molar-refractivity contribution >= 4 is 27.5 Å². The molecule has 0 aliphatic carbocycles. The number of hydrogen-bond donors (Lipinski definition) is 2. The number of carbonyl (C=O) groups excluding carboxylic acids is 1. The third-order valence-corrected chi connectivity index (χ3v) is 4.56. The van der Waals surface area contributed by atoms with Gasteiger partial charge in [-0.2, -0.15) is 0 Å². The van der Waals surface area contributed by atoms with Crippen LogP contribution in [0.4, 0.5) is 5.69 Å². The second kappa shape index (κ2) is 5.92. The molecule has 1 aromatic carbocycles. The maximum atomic E-state index is 11.2. The van der Waals surface area contributed by atoms with Crippen molar-refractivity contribution in [2.75, 3.05) is 18.0 Å². The summed E-state index contributed by atoms with van der Waals surface area (Å²) < 4.78 is 0.750. The lowest BCUT2D eigenvalue weighted by atomic mass is 9.90. The highest BCUT2D eigenvalue weighted by atomic mass is 79.9. The Morgan fingerprint density at radius 1 is 1.53 bits per heavy atom. The van der Waals surface area contributed by atoms with Gasteiger partial charge >= 0.3 is 0 Å². The molecule has 0 bridgehead atoms. The molecule has 2 atom stereocenters. The molecular formula is C14H20BrN3O. The zero-order chi connectivity index (χ0) is 14.0. The predicted octanol–water partition coefficient (Wildman–Crippen LogP) is 2.11. The Hall–Kier alpha value is -1.07. The number of halogens is 1. The first-order valence-electron chi connectivity index (χ1n) is 6.62. The largest absolute Gasteiger partial charge is 0.371 e. The summed E-state index contributed by atoms with van der Waals surface area (Å²) in [6.45, 7) is 4.11. The van der Waals surface area contributed by atoms with Gasteiger partial charge < -0.3 is 16.4 Å². The van der Waals surface area contributed by atoms with Crippen LogP contribution in [0.15, 0.2) is 22.7 Å². The lowest BCUT2D eigenvalue weighted by Gasteiger charge is -2.38. The zero-order valence-electron chi connectivity index (χ0n) is 11.1. The molecular weight excluding hydrogens is 306 g/mol. The molecule has 104 valence electrons. The second-order valence-electron chi connectivity index (χ2n) is 5.10. The van der Waals surface area contributed by atoms with Crippen molar-refractivity contribution in [3.05, 3.63) is 28.2 Å². The van der Waals surface area contributed by atoms with E-state index in [1.54, 1.807) is 6.07 Å². The van der Waals surface area contributed by atoms with Gasteiger partial charge in [0.1, 0.15) is 0 Å². The predicted molar refractivity (Wildman–Crippen MR) is 81.2 cm³/mol. The quantitative estimate of drug-likeness (QED) is 0.894. The van der Waals surface area contributed by atoms with E-state index in [1.807, 2.05) is 12.1 Å². The molecule has 1 aromatic rings. The molecule has 0 aromatic heterocycles. The molecule has 19 heavy (non-hydrogen) atoms. The molecule has 5 heteroatoms. The monoisotopic (exact) mass is 325 g/mol. The minimum absolute atomic E-state index is 0.301. The Balaban J connectivity index is 2.18. The fourth-order valence-corrected chi connectivity index (χ4v) is 3.18. The number of primary amides is 1. The van der Waals surface area contributed by atoms with Gasteiger partial charge in [-0.3, -0.25) is 4.79 Å². The maximum Gasteiger partial charge on any atom is 0.249 e. The number of nitrogens with zero attached hydrogens (tertiary/aromatic N) is 1. The molecule has 2 rings (SSSR count). The molecule has 0 radical (unpaired) electrons. The van der Waals surface area contributed by atoms with Crippen molar-refractivity contribution < 1.29 is 4.79 Å². The van der Waals surface area contributed by atoms with Gasteiger partial charge in [0.2, 0.25) is 5.91 Å². The van der Waals surface area contributed by atoms with Gasteiger partial charge in [-0.25, -0.2) is 0 Å². The van der Waals surface area contributed by atoms with Gasteiger partial charge in [0.15, 0.2) is 0 Å². The van der Waals surface area contributed by atoms with E-state index in [4.69, 9.17) is 11.5 Å². The molecule has 1 fully saturated rings. The standard InChI is InChI=1S/C14H20BrN3O/c1-2-9-8-18(6-5-13(9)16)10-3-4-11(14(17)19)12(15)7-10/h3-4,7,9,13H,2,5-6,8,16H2,1H3,(H2,17,19). The van der Waals surface area contributed by atoms with Gasteiger partial charge in [-0.05, 0) is 46.5 Å². The van der Waals surface area contributed by atoms with Gasteiger partial charge in [-0.15, -0.1) is 0 Å². The maximum absolute atomic E-state index is 11.2. The van der Waals surface area contributed by atoms with Crippen molar-refractivity contribution in [3.8, 4) is 0 Å². The number of carbonyl (C=O) groups is 1. The SMILES string of the molecule is CCC1CN(c2ccc(C(N)=O)c(Br)c2)CCC1N. The molecule has 1 heterocycles. The molecule has 2 unspecified atom stereocenters. The van der Waals surface area contributed by atoms with Gasteiger partial charge in [0, 0.05) is 29.3 Å². The van der Waals surface area contributed by atoms with E-state index in [2.05, 4.69) is 27.8 Å². The second-order valence-corrected chi connectivity index (χ2v) is 5.95. The highest BCUT2D eigenvalue weighted by Crippen LogP contribution is 2.28. The van der Waals surface area contributed by atoms with Gasteiger partial charge in [-0.1, -0.05) is 13.3 Å². The molecule has 0 spiro atoms. The van der Waals surface area contributed by atoms with Crippen molar-refractivity contribution in [2.24, 2.45) is 17.4 Å². The minimum Gasteiger partial charge on any atom is -0.371 e. The Bertz CT molecular complexity index is 478. The summed E-state index contributed by atoms with van der Waals surface area (Å²) in [7, 11) is 0. The van der Waals surface area contributed by atoms with E-state index in [1.165, 1.54) is 0 Å². The summed E-state index contributed by atoms with van der Waals surface area (Å²) in [6.07, 6.45) is 2.10. The number of piperidine rings is 1. The number of amides is 1. The molecule has 1 aliphatic rings. The van der Waals surface area contributed by atoms with Crippen molar-refractivity contribution in [3.63, 3.8) is 0 Å². The number of benzene rings is 1. The Labute approximate surface area is 122 Å². The first-order valence-corrected chi connectivity index (χ1v) is 7.42. The van der Waals surface area contributed by atoms with Crippen LogP contribution in [-0.4, -0.2) is 25.0 Å². The summed E-state index contributed by atoms with van der Waals surface area (Å²) >= 11 is 3.41. The summed E-state index contributed by atoms with van der Waals surface area (Å²) in [5.74, 6) is 0.119. The van der Waals surface area contributed by atoms with E-state index < -0.39 is 5.91 Å². The lowest BCUT2D eigenvalue weighted by Crippen LogP contribution is -2.47. The van der Waals surface area contributed by atoms with Crippen molar-refractivity contribution in [2.45, 2.75) is 25.8 Å². The van der Waals surface area contributed by atoms with Crippen molar-refractivity contribution in [1.29, 1.82) is 0 Å². The van der Waals surface area contributed by atoms with Crippen LogP contribution in [0.25, 0.3) is 0 Å². The molecule has 1 aliphatic heterocycles. The van der Waals surface area contributed by atoms with Crippen LogP contribution < -0.4 is 16.4 Å². The van der Waals surface area contributed by atoms with Crippen LogP contribution in [0, 0.1) is 5.92 Å². The van der Waals surface area contributed by atoms with Crippen LogP contribution in [-0.2, 0) is 0 Å². The number of rotatable bonds is 3. The molecule has 0 saturated carbocycles. The van der Waals surface area contributed by atoms with Crippen LogP contribution >= 0.6 is 15.9 Å². The van der Waals surface area contributed by atoms with Crippen LogP contribution in [0.5, 0.6) is 0 Å². The van der Waals surface area contributed by atoms with Crippen LogP contribution in [0.3, 0.4) is 0 Å². The fraction of sp³-hybridized carbons (Fsp3) is 0.500. The van der Waals surface area contributed by atoms with Gasteiger partial charge in [0.25, 0.3) is 0 Å². The highest BCUT2D eigenvalue weighted by molar-refractivity contribution is 9.10. The van der Waals surface area contributed by atoms with Crippen LogP contribution in [0.1, 0.15) is 30.1 Å². The van der Waals surface area contributed by atoms with Crippen molar-refractivity contribution in [1.82, 2.24) is 0 Å². The van der Waals surface area contributed by atoms with E-state index in [0.717, 1.165) is 36.1 Å². The highest BCUT2D eigenvalue weighted by Gasteiger charge is 2.25. The third kappa shape index (κ3) is 3.09. The molecule has 4 N–H and O–H groups in total. The summed E-state index contributed by atoms with van der Waals surface area (Å²) in [6, 6.07) is 5.99. The first kappa shape index (κ1) is 14.3. The van der Waals surface area contributed by atoms with E-state index >= 15 is 0 Å². The van der Waals surface area contributed by atoms with Gasteiger partial charge in [0.05, 0.1) is 5.56 Å². The first-order chi connectivity index (χ1) is 9.02. The van der Waals surface area contributed by atoms with E-state index in [0.29, 0.717) is 17.5 Å². The lowest BCUT2D eigenvalue weighted by molar-refractivity contribution is 0.0999. The van der Waals surface area contributed by atoms with E-state index in [9.17, 15) is 4.79 Å². The Morgan fingerprint density at radius 3 is 2.84 bits per heavy atom. The Morgan fingerprint density at radius 2 is 2.26 bits per heavy atom. The summed E-state index contributed by atoms with van der Waals surface area (Å²) in [5, 5.41) is 0. The molecule has 1 saturated heterocycles. The summed E-state index contributed by atoms with van der Waals surface area (Å²) in [5.41, 5.74) is 13.1. The fourth-order valence-electron chi connectivity index (χ4n) is 2.62. The average Bonchev–Trinajstić information content (AvgIpc) is 2.38. The topological polar surface area (TPSA) is 72.3 Å². The van der Waals surface area contributed by atoms with Crippen LogP contribution in [0.2, 0.25) is 0 Å². The third-order valence-electron chi connectivity index (χ3n) is 3.90. The number of hydrogen-bond acceptors (Lipinski definition) is 3. The average molecular weight is 326 g/mol. The minimum atomic E-state index is -0.412. The normalized spacial score (nSPS) is 23.4. The van der Waals surface area contributed by atoms with E-state index in [-0.39, 0.29) is 0 Å². The summed E-state index contributed by atoms with van der Waals surface area (Å²) in [4.78, 5) is 13.5. The smallest absolute Gasteiger partial charge is 0.249 e. The number of anilines is 1. The molecule has 1 amide bonds. The molecule has 4 nitrogen and oxygen atoms in total. The Kier molecular flexibility index (Phi) is 4.47. The number of nitrogens with two attached hydrogens (primary N) is 2.